The van der Waals surface area contributed by atoms with E-state index in [0.717, 1.165) is 30.6 Å². The van der Waals surface area contributed by atoms with Crippen LogP contribution in [0.4, 0.5) is 0 Å². The molecule has 0 aliphatic rings. The van der Waals surface area contributed by atoms with Crippen molar-refractivity contribution in [1.29, 1.82) is 0 Å². The monoisotopic (exact) mass is 289 g/mol. The molecule has 0 radical (unpaired) electrons. The Kier molecular flexibility index (Phi) is 6.59. The van der Waals surface area contributed by atoms with Gasteiger partial charge in [-0.2, -0.15) is 0 Å². The molecule has 0 aromatic carbocycles. The van der Waals surface area contributed by atoms with Crippen LogP contribution < -0.4 is 5.32 Å². The van der Waals surface area contributed by atoms with Crippen LogP contribution in [0, 0.1) is 0 Å². The third-order valence-electron chi connectivity index (χ3n) is 2.15. The summed E-state index contributed by atoms with van der Waals surface area (Å²) in [5, 5.41) is 10.6. The minimum absolute atomic E-state index is 0.0555. The standard InChI is InChI=1S/C11H19N3O2S2/c1-4-5-6-7-18(16)11-14-13-10(17-11)9(15)12-8(2)3/h8H,4-7H2,1-3H3,(H,12,15). The van der Waals surface area contributed by atoms with E-state index in [1.807, 2.05) is 13.8 Å². The molecule has 0 saturated carbocycles. The molecule has 1 N–H and O–H groups in total. The van der Waals surface area contributed by atoms with Gasteiger partial charge in [-0.05, 0) is 38.0 Å². The third kappa shape index (κ3) is 4.91. The molecule has 5 nitrogen and oxygen atoms in total. The smallest absolute Gasteiger partial charge is 0.322 e. The van der Waals surface area contributed by atoms with Crippen molar-refractivity contribution in [2.45, 2.75) is 50.4 Å². The molecule has 1 rings (SSSR count). The van der Waals surface area contributed by atoms with Gasteiger partial charge in [-0.3, -0.25) is 4.79 Å². The van der Waals surface area contributed by atoms with Crippen LogP contribution in [0.1, 0.15) is 49.8 Å². The zero-order chi connectivity index (χ0) is 13.5. The Hall–Kier alpha value is -0.660. The van der Waals surface area contributed by atoms with Crippen molar-refractivity contribution in [3.8, 4) is 0 Å². The molecule has 0 fully saturated rings. The van der Waals surface area contributed by atoms with Crippen molar-refractivity contribution in [3.63, 3.8) is 0 Å². The number of nitrogens with one attached hydrogen (secondary N) is 1. The molecule has 0 saturated heterocycles. The van der Waals surface area contributed by atoms with Gasteiger partial charge in [0.1, 0.15) is 5.75 Å². The van der Waals surface area contributed by atoms with Gasteiger partial charge in [-0.1, -0.05) is 18.4 Å². The highest BCUT2D eigenvalue weighted by molar-refractivity contribution is 7.93. The Labute approximate surface area is 115 Å². The van der Waals surface area contributed by atoms with E-state index >= 15 is 0 Å². The molecule has 1 aromatic heterocycles. The van der Waals surface area contributed by atoms with Gasteiger partial charge in [0.05, 0.1) is 0 Å². The lowest BCUT2D eigenvalue weighted by molar-refractivity contribution is 0.0942. The highest BCUT2D eigenvalue weighted by Crippen LogP contribution is 2.18. The summed E-state index contributed by atoms with van der Waals surface area (Å²) < 4.78 is 12.3. The van der Waals surface area contributed by atoms with E-state index in [4.69, 9.17) is 0 Å². The van der Waals surface area contributed by atoms with Crippen molar-refractivity contribution in [2.24, 2.45) is 0 Å². The highest BCUT2D eigenvalue weighted by Gasteiger charge is 2.20. The normalized spacial score (nSPS) is 12.7. The number of amides is 1. The van der Waals surface area contributed by atoms with Crippen LogP contribution in [0.15, 0.2) is 4.34 Å². The van der Waals surface area contributed by atoms with Gasteiger partial charge in [0.25, 0.3) is 5.91 Å². The van der Waals surface area contributed by atoms with Crippen LogP contribution in [0.5, 0.6) is 0 Å². The lowest BCUT2D eigenvalue weighted by Crippen LogP contribution is -2.29. The molecular weight excluding hydrogens is 270 g/mol. The van der Waals surface area contributed by atoms with Crippen molar-refractivity contribution in [3.05, 3.63) is 5.01 Å². The van der Waals surface area contributed by atoms with Crippen LogP contribution in [-0.4, -0.2) is 32.5 Å². The van der Waals surface area contributed by atoms with Crippen molar-refractivity contribution in [1.82, 2.24) is 15.5 Å². The van der Waals surface area contributed by atoms with E-state index in [1.165, 1.54) is 0 Å². The zero-order valence-corrected chi connectivity index (χ0v) is 12.6. The minimum Gasteiger partial charge on any atom is -0.610 e. The number of rotatable bonds is 7. The quantitative estimate of drug-likeness (QED) is 0.615. The van der Waals surface area contributed by atoms with E-state index in [0.29, 0.717) is 10.1 Å². The molecule has 0 bridgehead atoms. The Balaban J connectivity index is 2.54. The fourth-order valence-electron chi connectivity index (χ4n) is 1.29. The molecular formula is C11H19N3O2S2. The molecule has 1 atom stereocenters. The summed E-state index contributed by atoms with van der Waals surface area (Å²) in [7, 11) is 0. The Morgan fingerprint density at radius 2 is 2.17 bits per heavy atom. The maximum Gasteiger partial charge on any atom is 0.322 e. The van der Waals surface area contributed by atoms with Gasteiger partial charge in [0.2, 0.25) is 5.01 Å². The maximum atomic E-state index is 11.9. The number of carbonyl (C=O) groups is 1. The Bertz CT molecular complexity index is 382. The lowest BCUT2D eigenvalue weighted by atomic mass is 10.3. The van der Waals surface area contributed by atoms with E-state index < -0.39 is 11.2 Å². The average Bonchev–Trinajstić information content (AvgIpc) is 2.77. The summed E-state index contributed by atoms with van der Waals surface area (Å²) in [4.78, 5) is 11.6. The number of hydrogen-bond donors (Lipinski definition) is 1. The largest absolute Gasteiger partial charge is 0.610 e. The van der Waals surface area contributed by atoms with Crippen LogP contribution >= 0.6 is 11.3 Å². The first-order chi connectivity index (χ1) is 8.54. The second-order valence-electron chi connectivity index (χ2n) is 4.26. The lowest BCUT2D eigenvalue weighted by Gasteiger charge is -2.05. The number of nitrogens with zero attached hydrogens (tertiary/aromatic N) is 2. The summed E-state index contributed by atoms with van der Waals surface area (Å²) in [6.45, 7) is 5.85. The Morgan fingerprint density at radius 1 is 1.44 bits per heavy atom. The topological polar surface area (TPSA) is 77.9 Å². The summed E-state index contributed by atoms with van der Waals surface area (Å²) in [6.07, 6.45) is 3.07. The van der Waals surface area contributed by atoms with E-state index in [1.54, 1.807) is 0 Å². The van der Waals surface area contributed by atoms with Crippen molar-refractivity contribution in [2.75, 3.05) is 5.75 Å². The highest BCUT2D eigenvalue weighted by atomic mass is 32.2. The molecule has 7 heteroatoms. The summed E-state index contributed by atoms with van der Waals surface area (Å²) in [5.74, 6) is 0.341. The van der Waals surface area contributed by atoms with Gasteiger partial charge in [-0.25, -0.2) is 0 Å². The second kappa shape index (κ2) is 7.70. The van der Waals surface area contributed by atoms with Crippen LogP contribution in [-0.2, 0) is 11.2 Å². The van der Waals surface area contributed by atoms with Gasteiger partial charge < -0.3 is 9.87 Å². The van der Waals surface area contributed by atoms with Gasteiger partial charge in [0, 0.05) is 17.2 Å². The van der Waals surface area contributed by atoms with Crippen LogP contribution in [0.3, 0.4) is 0 Å². The average molecular weight is 289 g/mol. The summed E-state index contributed by atoms with van der Waals surface area (Å²) in [6, 6.07) is 0.0555. The number of hydrogen-bond acceptors (Lipinski definition) is 5. The Morgan fingerprint density at radius 3 is 2.78 bits per heavy atom. The number of aromatic nitrogens is 2. The van der Waals surface area contributed by atoms with Gasteiger partial charge in [-0.15, -0.1) is 5.10 Å². The fourth-order valence-corrected chi connectivity index (χ4v) is 3.40. The maximum absolute atomic E-state index is 11.9. The molecule has 0 spiro atoms. The molecule has 0 aliphatic heterocycles. The van der Waals surface area contributed by atoms with Crippen molar-refractivity contribution < 1.29 is 9.35 Å². The number of carbonyl (C=O) groups excluding carboxylic acids is 1. The first-order valence-electron chi connectivity index (χ1n) is 6.07. The second-order valence-corrected chi connectivity index (χ2v) is 6.98. The van der Waals surface area contributed by atoms with Gasteiger partial charge in [0.15, 0.2) is 0 Å². The van der Waals surface area contributed by atoms with Crippen LogP contribution in [0.25, 0.3) is 0 Å². The molecule has 0 aliphatic carbocycles. The summed E-state index contributed by atoms with van der Waals surface area (Å²) >= 11 is -0.0137. The zero-order valence-electron chi connectivity index (χ0n) is 10.9. The molecule has 18 heavy (non-hydrogen) atoms. The van der Waals surface area contributed by atoms with Crippen LogP contribution in [0.2, 0.25) is 0 Å². The molecule has 1 amide bonds. The van der Waals surface area contributed by atoms with E-state index in [9.17, 15) is 9.35 Å². The predicted molar refractivity (Wildman–Crippen MR) is 73.3 cm³/mol. The molecule has 1 heterocycles. The third-order valence-corrected chi connectivity index (χ3v) is 4.80. The SMILES string of the molecule is CCCCC[S+]([O-])c1nnc(C(=O)NC(C)C)s1. The van der Waals surface area contributed by atoms with E-state index in [2.05, 4.69) is 22.4 Å². The molecule has 1 unspecified atom stereocenters. The first-order valence-corrected chi connectivity index (χ1v) is 8.20. The molecule has 1 aromatic rings. The molecule has 102 valence electrons. The number of unbranched alkanes of at least 4 members (excludes halogenated alkanes) is 2. The van der Waals surface area contributed by atoms with Gasteiger partial charge >= 0.3 is 4.34 Å². The fraction of sp³-hybridized carbons (Fsp3) is 0.727. The minimum atomic E-state index is -1.13. The van der Waals surface area contributed by atoms with Crippen molar-refractivity contribution >= 4 is 28.4 Å². The first kappa shape index (κ1) is 15.4. The predicted octanol–water partition coefficient (Wildman–Crippen LogP) is 1.97. The summed E-state index contributed by atoms with van der Waals surface area (Å²) in [5.41, 5.74) is 0. The van der Waals surface area contributed by atoms with E-state index in [-0.39, 0.29) is 17.0 Å².